The zero-order valence-electron chi connectivity index (χ0n) is 37.8. The summed E-state index contributed by atoms with van der Waals surface area (Å²) in [7, 11) is 0. The summed E-state index contributed by atoms with van der Waals surface area (Å²) in [6, 6.07) is 27.6. The van der Waals surface area contributed by atoms with Gasteiger partial charge in [-0.15, -0.1) is 0 Å². The first-order valence-electron chi connectivity index (χ1n) is 22.2. The standard InChI is InChI=1S/2C24H21Cl2N5O5.CH4/c2*25-14-5-7-15(8-6-14)31-20-22(28-21(31)17-3-1-2-4-18(17)26)29(11-16-13-35-9-10-36-16)24(34)30(23(20)33)12-19(27)32;/h2*1-8,16H,9-13H2,(H2,27,32);1H4. The highest BCUT2D eigenvalue weighted by Crippen LogP contribution is 2.34. The minimum absolute atomic E-state index is 0. The van der Waals surface area contributed by atoms with Crippen molar-refractivity contribution in [3.8, 4) is 34.2 Å². The maximum absolute atomic E-state index is 13.7. The number of halogens is 4. The van der Waals surface area contributed by atoms with Crippen LogP contribution in [0.25, 0.3) is 56.5 Å². The molecule has 4 aromatic heterocycles. The van der Waals surface area contributed by atoms with Gasteiger partial charge in [0.1, 0.15) is 24.7 Å². The summed E-state index contributed by atoms with van der Waals surface area (Å²) in [6.07, 6.45) is -0.910. The van der Waals surface area contributed by atoms with Crippen molar-refractivity contribution in [1.29, 1.82) is 0 Å². The van der Waals surface area contributed by atoms with Crippen LogP contribution < -0.4 is 34.0 Å². The third kappa shape index (κ3) is 10.8. The van der Waals surface area contributed by atoms with Crippen LogP contribution in [0.3, 0.4) is 0 Å². The minimum Gasteiger partial charge on any atom is -0.376 e. The first-order valence-corrected chi connectivity index (χ1v) is 23.7. The van der Waals surface area contributed by atoms with E-state index in [1.54, 1.807) is 106 Å². The maximum atomic E-state index is 13.7. The Kier molecular flexibility index (Phi) is 16.2. The summed E-state index contributed by atoms with van der Waals surface area (Å²) in [5, 5.41) is 1.80. The van der Waals surface area contributed by atoms with Crippen molar-refractivity contribution in [2.75, 3.05) is 39.6 Å². The zero-order valence-corrected chi connectivity index (χ0v) is 40.8. The molecule has 380 valence electrons. The quantitative estimate of drug-likeness (QED) is 0.163. The number of carbonyl (C=O) groups excluding carboxylic acids is 2. The van der Waals surface area contributed by atoms with Crippen LogP contribution in [0, 0.1) is 0 Å². The second-order valence-electron chi connectivity index (χ2n) is 16.4. The highest BCUT2D eigenvalue weighted by atomic mass is 35.5. The Labute approximate surface area is 434 Å². The first kappa shape index (κ1) is 52.4. The summed E-state index contributed by atoms with van der Waals surface area (Å²) in [6.45, 7) is 1.07. The molecule has 4 N–H and O–H groups in total. The number of aromatic nitrogens is 8. The van der Waals surface area contributed by atoms with Gasteiger partial charge in [0.05, 0.1) is 75.0 Å². The van der Waals surface area contributed by atoms with E-state index in [0.29, 0.717) is 80.7 Å². The van der Waals surface area contributed by atoms with Gasteiger partial charge < -0.3 is 30.4 Å². The van der Waals surface area contributed by atoms with Gasteiger partial charge in [-0.3, -0.25) is 37.4 Å². The molecule has 0 saturated carbocycles. The molecule has 0 radical (unpaired) electrons. The number of nitrogens with zero attached hydrogens (tertiary/aromatic N) is 8. The van der Waals surface area contributed by atoms with Crippen LogP contribution in [0.15, 0.2) is 116 Å². The number of imidazole rings is 2. The van der Waals surface area contributed by atoms with Crippen LogP contribution in [0.1, 0.15) is 7.43 Å². The molecule has 2 aliphatic heterocycles. The summed E-state index contributed by atoms with van der Waals surface area (Å²) >= 11 is 25.2. The van der Waals surface area contributed by atoms with Crippen molar-refractivity contribution < 1.29 is 28.5 Å². The predicted octanol–water partition coefficient (Wildman–Crippen LogP) is 5.08. The average Bonchev–Trinajstić information content (AvgIpc) is 3.96. The number of carbonyl (C=O) groups is 2. The van der Waals surface area contributed by atoms with Crippen molar-refractivity contribution in [2.45, 2.75) is 45.8 Å². The molecule has 24 heteroatoms. The molecule has 2 atom stereocenters. The molecule has 2 aliphatic rings. The molecule has 0 aliphatic carbocycles. The van der Waals surface area contributed by atoms with E-state index in [4.69, 9.17) is 86.8 Å². The lowest BCUT2D eigenvalue weighted by Crippen LogP contribution is -2.45. The lowest BCUT2D eigenvalue weighted by atomic mass is 10.2. The van der Waals surface area contributed by atoms with E-state index in [1.807, 2.05) is 0 Å². The molecule has 20 nitrogen and oxygen atoms in total. The summed E-state index contributed by atoms with van der Waals surface area (Å²) in [5.41, 5.74) is 10.4. The molecule has 0 spiro atoms. The van der Waals surface area contributed by atoms with Gasteiger partial charge in [-0.05, 0) is 72.8 Å². The molecule has 2 unspecified atom stereocenters. The van der Waals surface area contributed by atoms with Crippen LogP contribution in [0.5, 0.6) is 0 Å². The number of fused-ring (bicyclic) bond motifs is 2. The van der Waals surface area contributed by atoms with E-state index in [-0.39, 0.29) is 56.1 Å². The molecular weight excluding hydrogens is 1030 g/mol. The van der Waals surface area contributed by atoms with E-state index in [1.165, 1.54) is 9.13 Å². The first-order chi connectivity index (χ1) is 34.7. The molecule has 4 aromatic carbocycles. The molecular formula is C49H46Cl4N10O10. The van der Waals surface area contributed by atoms with Gasteiger partial charge in [-0.2, -0.15) is 0 Å². The summed E-state index contributed by atoms with van der Waals surface area (Å²) in [5.74, 6) is -0.996. The Morgan fingerprint density at radius 3 is 1.23 bits per heavy atom. The summed E-state index contributed by atoms with van der Waals surface area (Å²) < 4.78 is 29.9. The van der Waals surface area contributed by atoms with Gasteiger partial charge in [0.2, 0.25) is 11.8 Å². The number of amides is 2. The third-order valence-electron chi connectivity index (χ3n) is 11.6. The van der Waals surface area contributed by atoms with Gasteiger partial charge in [0, 0.05) is 32.5 Å². The van der Waals surface area contributed by atoms with Gasteiger partial charge in [0.15, 0.2) is 22.3 Å². The molecule has 6 heterocycles. The molecule has 2 amide bonds. The highest BCUT2D eigenvalue weighted by molar-refractivity contribution is 6.33. The second kappa shape index (κ2) is 22.5. The number of nitrogens with two attached hydrogens (primary N) is 2. The van der Waals surface area contributed by atoms with Gasteiger partial charge in [-0.1, -0.05) is 78.1 Å². The molecule has 8 aromatic rings. The summed E-state index contributed by atoms with van der Waals surface area (Å²) in [4.78, 5) is 87.3. The van der Waals surface area contributed by atoms with Gasteiger partial charge >= 0.3 is 11.4 Å². The lowest BCUT2D eigenvalue weighted by Gasteiger charge is -2.24. The SMILES string of the molecule is C.NC(=O)Cn1c(=O)c2c(nc(-c3ccccc3Cl)n2-c2ccc(Cl)cc2)n(CC2COCCO2)c1=O.NC(=O)Cn1c(=O)c2c(nc(-c3ccccc3Cl)n2-c2ccc(Cl)cc2)n(CC2COCCO2)c1=O. The zero-order chi connectivity index (χ0) is 50.8. The van der Waals surface area contributed by atoms with Crippen LogP contribution >= 0.6 is 46.4 Å². The Hall–Kier alpha value is -6.88. The third-order valence-corrected chi connectivity index (χ3v) is 12.8. The highest BCUT2D eigenvalue weighted by Gasteiger charge is 2.29. The Bertz CT molecular complexity index is 3380. The van der Waals surface area contributed by atoms with Crippen molar-refractivity contribution in [3.05, 3.63) is 159 Å². The Morgan fingerprint density at radius 2 is 0.904 bits per heavy atom. The van der Waals surface area contributed by atoms with Crippen LogP contribution in [0.2, 0.25) is 20.1 Å². The maximum Gasteiger partial charge on any atom is 0.333 e. The van der Waals surface area contributed by atoms with E-state index >= 15 is 0 Å². The number of rotatable bonds is 12. The number of hydrogen-bond donors (Lipinski definition) is 2. The monoisotopic (exact) mass is 1070 g/mol. The number of hydrogen-bond acceptors (Lipinski definition) is 12. The molecule has 73 heavy (non-hydrogen) atoms. The van der Waals surface area contributed by atoms with E-state index in [0.717, 1.165) is 9.13 Å². The fraction of sp³-hybridized carbons (Fsp3) is 0.265. The van der Waals surface area contributed by atoms with Crippen molar-refractivity contribution >= 4 is 80.5 Å². The minimum atomic E-state index is -0.832. The fourth-order valence-electron chi connectivity index (χ4n) is 8.42. The van der Waals surface area contributed by atoms with Gasteiger partial charge in [0.25, 0.3) is 11.1 Å². The van der Waals surface area contributed by atoms with E-state index in [2.05, 4.69) is 0 Å². The average molecular weight is 1080 g/mol. The largest absolute Gasteiger partial charge is 0.376 e. The van der Waals surface area contributed by atoms with Crippen molar-refractivity contribution in [1.82, 2.24) is 37.4 Å². The molecule has 10 rings (SSSR count). The molecule has 0 bridgehead atoms. The molecule has 2 fully saturated rings. The Morgan fingerprint density at radius 1 is 0.534 bits per heavy atom. The van der Waals surface area contributed by atoms with Crippen molar-refractivity contribution in [3.63, 3.8) is 0 Å². The topological polar surface area (TPSA) is 247 Å². The lowest BCUT2D eigenvalue weighted by molar-refractivity contribution is -0.119. The van der Waals surface area contributed by atoms with Crippen LogP contribution in [-0.2, 0) is 54.7 Å². The van der Waals surface area contributed by atoms with E-state index in [9.17, 15) is 28.8 Å². The second-order valence-corrected chi connectivity index (χ2v) is 18.1. The smallest absolute Gasteiger partial charge is 0.333 e. The fourth-order valence-corrected chi connectivity index (χ4v) is 9.11. The number of benzene rings is 4. The van der Waals surface area contributed by atoms with Crippen LogP contribution in [-0.4, -0.2) is 101 Å². The number of ether oxygens (including phenoxy) is 4. The normalized spacial score (nSPS) is 15.7. The Balaban J connectivity index is 0.000000192. The van der Waals surface area contributed by atoms with Crippen molar-refractivity contribution in [2.24, 2.45) is 11.5 Å². The van der Waals surface area contributed by atoms with E-state index < -0.39 is 59.6 Å². The molecule has 2 saturated heterocycles. The van der Waals surface area contributed by atoms with Gasteiger partial charge in [-0.25, -0.2) is 28.7 Å². The van der Waals surface area contributed by atoms with Crippen LogP contribution in [0.4, 0.5) is 0 Å². The number of primary amides is 2. The predicted molar refractivity (Wildman–Crippen MR) is 276 cm³/mol.